The maximum Gasteiger partial charge on any atom is 0.227 e. The van der Waals surface area contributed by atoms with Crippen molar-refractivity contribution in [3.8, 4) is 6.07 Å². The number of nitrogens with two attached hydrogens (primary N) is 2. The molecule has 7 N–H and O–H groups in total. The van der Waals surface area contributed by atoms with Crippen LogP contribution >= 0.6 is 11.6 Å². The van der Waals surface area contributed by atoms with E-state index in [4.69, 9.17) is 23.1 Å². The zero-order chi connectivity index (χ0) is 25.0. The Morgan fingerprint density at radius 2 is 1.94 bits per heavy atom. The lowest BCUT2D eigenvalue weighted by Crippen LogP contribution is -2.67. The van der Waals surface area contributed by atoms with Gasteiger partial charge in [0.15, 0.2) is 0 Å². The first-order valence-electron chi connectivity index (χ1n) is 13.5. The fraction of sp³-hybridized carbons (Fsp3) is 0.920. The van der Waals surface area contributed by atoms with Gasteiger partial charge in [-0.3, -0.25) is 9.69 Å². The van der Waals surface area contributed by atoms with E-state index in [1.54, 1.807) is 0 Å². The van der Waals surface area contributed by atoms with Gasteiger partial charge >= 0.3 is 0 Å². The van der Waals surface area contributed by atoms with Crippen LogP contribution in [-0.4, -0.2) is 79.4 Å². The lowest BCUT2D eigenvalue weighted by Gasteiger charge is -2.45. The highest BCUT2D eigenvalue weighted by Gasteiger charge is 2.44. The molecular formula is C25H43ClFN7O. The number of nitrogens with zero attached hydrogens (tertiary/aromatic N) is 2. The van der Waals surface area contributed by atoms with Gasteiger partial charge in [-0.2, -0.15) is 5.26 Å². The number of hydrogen-bond donors (Lipinski definition) is 5. The number of rotatable bonds is 5. The maximum absolute atomic E-state index is 14.6. The van der Waals surface area contributed by atoms with Gasteiger partial charge < -0.3 is 27.4 Å². The summed E-state index contributed by atoms with van der Waals surface area (Å²) in [5, 5.41) is 19.1. The van der Waals surface area contributed by atoms with Gasteiger partial charge in [-0.1, -0.05) is 19.3 Å². The van der Waals surface area contributed by atoms with Crippen LogP contribution in [0.25, 0.3) is 0 Å². The molecule has 0 bridgehead atoms. The number of nitrogens with one attached hydrogen (secondary N) is 3. The molecule has 3 aliphatic heterocycles. The molecule has 4 fully saturated rings. The summed E-state index contributed by atoms with van der Waals surface area (Å²) in [7, 11) is 0. The molecule has 35 heavy (non-hydrogen) atoms. The molecule has 1 saturated carbocycles. The zero-order valence-electron chi connectivity index (χ0n) is 20.7. The van der Waals surface area contributed by atoms with Crippen LogP contribution in [0, 0.1) is 28.6 Å². The van der Waals surface area contributed by atoms with Crippen LogP contribution in [-0.2, 0) is 4.79 Å². The SMILES string of the molecule is N#C[C@@H]1CCN(C2C(Cl)CNCC2NC(=O)C(C(N)N)C2CC3(CCCCC3)CCC(F)CN2)C1. The van der Waals surface area contributed by atoms with Crippen molar-refractivity contribution in [2.75, 3.05) is 32.7 Å². The molecule has 10 heteroatoms. The topological polar surface area (TPSA) is 132 Å². The van der Waals surface area contributed by atoms with Gasteiger partial charge in [-0.05, 0) is 50.5 Å². The molecule has 198 valence electrons. The molecule has 0 aromatic rings. The molecule has 3 heterocycles. The van der Waals surface area contributed by atoms with Crippen molar-refractivity contribution in [3.63, 3.8) is 0 Å². The summed E-state index contributed by atoms with van der Waals surface area (Å²) in [6.45, 7) is 2.92. The quantitative estimate of drug-likeness (QED) is 0.276. The van der Waals surface area contributed by atoms with E-state index < -0.39 is 18.3 Å². The van der Waals surface area contributed by atoms with Crippen LogP contribution in [0.1, 0.15) is 57.8 Å². The number of alkyl halides is 2. The summed E-state index contributed by atoms with van der Waals surface area (Å²) in [6.07, 6.45) is 6.93. The molecule has 4 aliphatic rings. The first-order chi connectivity index (χ1) is 16.8. The van der Waals surface area contributed by atoms with Crippen molar-refractivity contribution in [3.05, 3.63) is 0 Å². The van der Waals surface area contributed by atoms with E-state index in [0.29, 0.717) is 26.1 Å². The number of carbonyl (C=O) groups is 1. The van der Waals surface area contributed by atoms with Gasteiger partial charge in [-0.25, -0.2) is 4.39 Å². The van der Waals surface area contributed by atoms with Crippen LogP contribution in [0.2, 0.25) is 0 Å². The number of carbonyl (C=O) groups excluding carboxylic acids is 1. The lowest BCUT2D eigenvalue weighted by atomic mass is 9.65. The monoisotopic (exact) mass is 511 g/mol. The molecule has 0 radical (unpaired) electrons. The third-order valence-corrected chi connectivity index (χ3v) is 9.36. The third kappa shape index (κ3) is 6.46. The summed E-state index contributed by atoms with van der Waals surface area (Å²) in [6, 6.07) is 1.80. The summed E-state index contributed by atoms with van der Waals surface area (Å²) < 4.78 is 14.6. The number of piperidine rings is 1. The molecule has 1 amide bonds. The Kier molecular flexibility index (Phi) is 9.28. The van der Waals surface area contributed by atoms with Crippen LogP contribution in [0.3, 0.4) is 0 Å². The number of nitriles is 1. The van der Waals surface area contributed by atoms with Crippen LogP contribution in [0.5, 0.6) is 0 Å². The molecule has 1 spiro atoms. The van der Waals surface area contributed by atoms with Gasteiger partial charge in [0.05, 0.1) is 35.5 Å². The Bertz CT molecular complexity index is 759. The summed E-state index contributed by atoms with van der Waals surface area (Å²) in [5.41, 5.74) is 12.5. The van der Waals surface area contributed by atoms with Crippen molar-refractivity contribution in [2.24, 2.45) is 28.7 Å². The van der Waals surface area contributed by atoms with Gasteiger partial charge in [0.2, 0.25) is 5.91 Å². The lowest BCUT2D eigenvalue weighted by molar-refractivity contribution is -0.128. The Hall–Kier alpha value is -1.02. The van der Waals surface area contributed by atoms with E-state index >= 15 is 0 Å². The second-order valence-corrected chi connectivity index (χ2v) is 12.0. The fourth-order valence-electron chi connectivity index (χ4n) is 7.05. The molecule has 6 unspecified atom stereocenters. The Balaban J connectivity index is 1.50. The smallest absolute Gasteiger partial charge is 0.227 e. The minimum Gasteiger partial charge on any atom is -0.350 e. The number of hydrogen-bond acceptors (Lipinski definition) is 7. The molecule has 0 aromatic carbocycles. The van der Waals surface area contributed by atoms with E-state index in [-0.39, 0.29) is 47.3 Å². The van der Waals surface area contributed by atoms with E-state index in [0.717, 1.165) is 51.5 Å². The predicted molar refractivity (Wildman–Crippen MR) is 135 cm³/mol. The summed E-state index contributed by atoms with van der Waals surface area (Å²) in [4.78, 5) is 16.0. The number of likely N-dealkylation sites (tertiary alicyclic amines) is 1. The van der Waals surface area contributed by atoms with Gasteiger partial charge in [0.25, 0.3) is 0 Å². The highest BCUT2D eigenvalue weighted by atomic mass is 35.5. The van der Waals surface area contributed by atoms with Crippen molar-refractivity contribution >= 4 is 17.5 Å². The van der Waals surface area contributed by atoms with Gasteiger partial charge in [0.1, 0.15) is 6.17 Å². The minimum atomic E-state index is -0.929. The van der Waals surface area contributed by atoms with Crippen molar-refractivity contribution < 1.29 is 9.18 Å². The highest BCUT2D eigenvalue weighted by molar-refractivity contribution is 6.21. The Morgan fingerprint density at radius 1 is 1.17 bits per heavy atom. The average molecular weight is 512 g/mol. The average Bonchev–Trinajstić information content (AvgIpc) is 3.30. The highest BCUT2D eigenvalue weighted by Crippen LogP contribution is 2.46. The fourth-order valence-corrected chi connectivity index (χ4v) is 7.50. The van der Waals surface area contributed by atoms with Gasteiger partial charge in [-0.15, -0.1) is 11.6 Å². The van der Waals surface area contributed by atoms with Gasteiger partial charge in [0, 0.05) is 38.3 Å². The van der Waals surface area contributed by atoms with E-state index in [9.17, 15) is 14.4 Å². The zero-order valence-corrected chi connectivity index (χ0v) is 21.5. The van der Waals surface area contributed by atoms with E-state index in [1.165, 1.54) is 6.42 Å². The molecule has 8 nitrogen and oxygen atoms in total. The molecule has 0 aromatic heterocycles. The minimum absolute atomic E-state index is 0.00484. The number of halogens is 2. The van der Waals surface area contributed by atoms with Crippen LogP contribution < -0.4 is 27.4 Å². The van der Waals surface area contributed by atoms with E-state index in [1.807, 2.05) is 0 Å². The largest absolute Gasteiger partial charge is 0.350 e. The summed E-state index contributed by atoms with van der Waals surface area (Å²) >= 11 is 6.73. The standard InChI is InChI=1S/C25H43ClFN7O/c26-18-13-31-14-20(22(18)34-9-5-16(11-28)15-34)33-24(35)21(23(29)30)19-10-25(6-2-1-3-7-25)8-4-17(27)12-32-19/h16-23,31-32H,1-10,12-15,29-30H2,(H,33,35)/t16-,17?,18?,19?,20?,21?,22?/m0/s1. The number of amides is 1. The maximum atomic E-state index is 14.6. The molecule has 7 atom stereocenters. The van der Waals surface area contributed by atoms with Crippen LogP contribution in [0.15, 0.2) is 0 Å². The first-order valence-corrected chi connectivity index (χ1v) is 13.9. The Morgan fingerprint density at radius 3 is 2.63 bits per heavy atom. The van der Waals surface area contributed by atoms with Crippen molar-refractivity contribution in [1.82, 2.24) is 20.9 Å². The third-order valence-electron chi connectivity index (χ3n) is 8.95. The van der Waals surface area contributed by atoms with Crippen molar-refractivity contribution in [1.29, 1.82) is 5.26 Å². The first kappa shape index (κ1) is 27.0. The van der Waals surface area contributed by atoms with Crippen molar-refractivity contribution in [2.45, 2.75) is 93.6 Å². The Labute approximate surface area is 214 Å². The normalized spacial score (nSPS) is 37.4. The second kappa shape index (κ2) is 12.0. The molecule has 4 rings (SSSR count). The van der Waals surface area contributed by atoms with E-state index in [2.05, 4.69) is 26.9 Å². The second-order valence-electron chi connectivity index (χ2n) is 11.4. The van der Waals surface area contributed by atoms with Crippen LogP contribution in [0.4, 0.5) is 4.39 Å². The summed E-state index contributed by atoms with van der Waals surface area (Å²) in [5.74, 6) is -0.867. The molecule has 1 aliphatic carbocycles. The predicted octanol–water partition coefficient (Wildman–Crippen LogP) is 1.19. The molecular weight excluding hydrogens is 469 g/mol. The molecule has 3 saturated heterocycles.